The van der Waals surface area contributed by atoms with Crippen LogP contribution in [0.2, 0.25) is 5.02 Å². The largest absolute Gasteiger partial charge is 0.325 e. The second-order valence-electron chi connectivity index (χ2n) is 7.83. The van der Waals surface area contributed by atoms with Crippen molar-refractivity contribution in [2.24, 2.45) is 0 Å². The van der Waals surface area contributed by atoms with Crippen LogP contribution in [0.25, 0.3) is 0 Å². The Morgan fingerprint density at radius 2 is 1.79 bits per heavy atom. The molecule has 0 atom stereocenters. The first-order valence-corrected chi connectivity index (χ1v) is 12.2. The first-order chi connectivity index (χ1) is 13.9. The maximum Gasteiger partial charge on any atom is 0.282 e. The van der Waals surface area contributed by atoms with Crippen molar-refractivity contribution < 1.29 is 13.2 Å². The van der Waals surface area contributed by atoms with Crippen LogP contribution in [0, 0.1) is 0 Å². The minimum absolute atomic E-state index is 0.0924. The van der Waals surface area contributed by atoms with Gasteiger partial charge in [0.15, 0.2) is 0 Å². The number of halogens is 1. The predicted molar refractivity (Wildman–Crippen MR) is 116 cm³/mol. The number of piperazine rings is 1. The highest BCUT2D eigenvalue weighted by molar-refractivity contribution is 7.86. The van der Waals surface area contributed by atoms with Crippen molar-refractivity contribution in [3.8, 4) is 0 Å². The second-order valence-corrected chi connectivity index (χ2v) is 10.2. The third-order valence-electron chi connectivity index (χ3n) is 5.91. The molecule has 29 heavy (non-hydrogen) atoms. The molecule has 1 aliphatic carbocycles. The highest BCUT2D eigenvalue weighted by Crippen LogP contribution is 2.25. The van der Waals surface area contributed by atoms with Crippen LogP contribution in [0.4, 0.5) is 5.69 Å². The second kappa shape index (κ2) is 10.2. The van der Waals surface area contributed by atoms with Gasteiger partial charge in [0.2, 0.25) is 5.91 Å². The van der Waals surface area contributed by atoms with Crippen molar-refractivity contribution in [1.82, 2.24) is 13.5 Å². The minimum atomic E-state index is -3.42. The number of hydrogen-bond acceptors (Lipinski definition) is 4. The highest BCUT2D eigenvalue weighted by atomic mass is 35.5. The summed E-state index contributed by atoms with van der Waals surface area (Å²) in [6.07, 6.45) is 5.67. The minimum Gasteiger partial charge on any atom is -0.325 e. The van der Waals surface area contributed by atoms with E-state index in [1.165, 1.54) is 6.42 Å². The van der Waals surface area contributed by atoms with Gasteiger partial charge in [-0.05, 0) is 25.0 Å². The Bertz CT molecular complexity index is 791. The zero-order valence-corrected chi connectivity index (χ0v) is 18.6. The standard InChI is InChI=1S/C20H31ClN4O3S/c1-23(17-7-3-2-4-8-17)29(27,28)25-15-13-24(14-16-25)12-11-20(26)22-19-10-6-5-9-18(19)21/h5-6,9-10,17H,2-4,7-8,11-16H2,1H3,(H,22,26). The fraction of sp³-hybridized carbons (Fsp3) is 0.650. The lowest BCUT2D eigenvalue weighted by molar-refractivity contribution is -0.116. The van der Waals surface area contributed by atoms with Crippen LogP contribution < -0.4 is 5.32 Å². The van der Waals surface area contributed by atoms with Crippen LogP contribution in [-0.4, -0.2) is 73.6 Å². The molecule has 0 bridgehead atoms. The molecular formula is C20H31ClN4O3S. The SMILES string of the molecule is CN(C1CCCCC1)S(=O)(=O)N1CCN(CCC(=O)Nc2ccccc2Cl)CC1. The van der Waals surface area contributed by atoms with Crippen molar-refractivity contribution in [1.29, 1.82) is 0 Å². The number of carbonyl (C=O) groups is 1. The van der Waals surface area contributed by atoms with Gasteiger partial charge >= 0.3 is 0 Å². The Morgan fingerprint density at radius 1 is 1.14 bits per heavy atom. The number of carbonyl (C=O) groups excluding carboxylic acids is 1. The Morgan fingerprint density at radius 3 is 2.45 bits per heavy atom. The van der Waals surface area contributed by atoms with Crippen LogP contribution >= 0.6 is 11.6 Å². The maximum absolute atomic E-state index is 12.9. The summed E-state index contributed by atoms with van der Waals surface area (Å²) in [5.41, 5.74) is 0.612. The van der Waals surface area contributed by atoms with Gasteiger partial charge in [-0.25, -0.2) is 0 Å². The van der Waals surface area contributed by atoms with Gasteiger partial charge < -0.3 is 10.2 Å². The summed E-state index contributed by atoms with van der Waals surface area (Å²) < 4.78 is 29.1. The molecule has 1 saturated carbocycles. The summed E-state index contributed by atoms with van der Waals surface area (Å²) in [6.45, 7) is 2.80. The fourth-order valence-electron chi connectivity index (χ4n) is 4.03. The summed E-state index contributed by atoms with van der Waals surface area (Å²) >= 11 is 6.07. The molecule has 1 amide bonds. The molecule has 1 N–H and O–H groups in total. The summed E-state index contributed by atoms with van der Waals surface area (Å²) in [5, 5.41) is 3.34. The van der Waals surface area contributed by atoms with E-state index in [9.17, 15) is 13.2 Å². The molecule has 2 aliphatic rings. The average Bonchev–Trinajstić information content (AvgIpc) is 2.74. The molecule has 9 heteroatoms. The van der Waals surface area contributed by atoms with Gasteiger partial charge in [0.05, 0.1) is 10.7 Å². The number of benzene rings is 1. The molecule has 0 radical (unpaired) electrons. The summed E-state index contributed by atoms with van der Waals surface area (Å²) in [6, 6.07) is 7.27. The monoisotopic (exact) mass is 442 g/mol. The van der Waals surface area contributed by atoms with Crippen molar-refractivity contribution in [2.45, 2.75) is 44.6 Å². The van der Waals surface area contributed by atoms with Gasteiger partial charge in [0.25, 0.3) is 10.2 Å². The predicted octanol–water partition coefficient (Wildman–Crippen LogP) is 2.80. The smallest absolute Gasteiger partial charge is 0.282 e. The van der Waals surface area contributed by atoms with Crippen LogP contribution in [0.15, 0.2) is 24.3 Å². The zero-order valence-electron chi connectivity index (χ0n) is 17.0. The molecule has 1 saturated heterocycles. The molecular weight excluding hydrogens is 412 g/mol. The zero-order chi connectivity index (χ0) is 20.9. The van der Waals surface area contributed by atoms with Crippen molar-refractivity contribution in [3.63, 3.8) is 0 Å². The van der Waals surface area contributed by atoms with E-state index < -0.39 is 10.2 Å². The Balaban J connectivity index is 1.44. The van der Waals surface area contributed by atoms with Gasteiger partial charge in [0, 0.05) is 52.2 Å². The third kappa shape index (κ3) is 5.92. The molecule has 162 valence electrons. The van der Waals surface area contributed by atoms with Gasteiger partial charge in [-0.2, -0.15) is 17.0 Å². The molecule has 2 fully saturated rings. The van der Waals surface area contributed by atoms with Gasteiger partial charge in [-0.1, -0.05) is 43.0 Å². The number of nitrogens with one attached hydrogen (secondary N) is 1. The summed E-state index contributed by atoms with van der Waals surface area (Å²) in [7, 11) is -1.70. The molecule has 3 rings (SSSR count). The number of rotatable bonds is 7. The first kappa shape index (κ1) is 22.5. The number of amides is 1. The average molecular weight is 443 g/mol. The molecule has 7 nitrogen and oxygen atoms in total. The van der Waals surface area contributed by atoms with Gasteiger partial charge in [-0.15, -0.1) is 0 Å². The van der Waals surface area contributed by atoms with E-state index in [0.29, 0.717) is 49.9 Å². The summed E-state index contributed by atoms with van der Waals surface area (Å²) in [5.74, 6) is -0.0924. The lowest BCUT2D eigenvalue weighted by Crippen LogP contribution is -2.54. The molecule has 0 aromatic heterocycles. The lowest BCUT2D eigenvalue weighted by Gasteiger charge is -2.38. The number of para-hydroxylation sites is 1. The molecule has 1 aliphatic heterocycles. The van der Waals surface area contributed by atoms with E-state index in [0.717, 1.165) is 25.7 Å². The fourth-order valence-corrected chi connectivity index (χ4v) is 5.79. The number of anilines is 1. The third-order valence-corrected chi connectivity index (χ3v) is 8.29. The maximum atomic E-state index is 12.9. The van der Waals surface area contributed by atoms with Crippen LogP contribution in [0.1, 0.15) is 38.5 Å². The van der Waals surface area contributed by atoms with Crippen LogP contribution in [0.3, 0.4) is 0 Å². The van der Waals surface area contributed by atoms with Gasteiger partial charge in [-0.3, -0.25) is 4.79 Å². The van der Waals surface area contributed by atoms with E-state index in [4.69, 9.17) is 11.6 Å². The number of hydrogen-bond donors (Lipinski definition) is 1. The van der Waals surface area contributed by atoms with Crippen LogP contribution in [-0.2, 0) is 15.0 Å². The molecule has 1 heterocycles. The van der Waals surface area contributed by atoms with E-state index in [1.54, 1.807) is 27.8 Å². The van der Waals surface area contributed by atoms with E-state index >= 15 is 0 Å². The quantitative estimate of drug-likeness (QED) is 0.704. The van der Waals surface area contributed by atoms with Crippen molar-refractivity contribution in [2.75, 3.05) is 45.1 Å². The van der Waals surface area contributed by atoms with Crippen LogP contribution in [0.5, 0.6) is 0 Å². The molecule has 0 unspecified atom stereocenters. The lowest BCUT2D eigenvalue weighted by atomic mass is 9.96. The summed E-state index contributed by atoms with van der Waals surface area (Å²) in [4.78, 5) is 14.3. The van der Waals surface area contributed by atoms with E-state index in [1.807, 2.05) is 12.1 Å². The molecule has 1 aromatic rings. The highest BCUT2D eigenvalue weighted by Gasteiger charge is 2.34. The first-order valence-electron chi connectivity index (χ1n) is 10.4. The van der Waals surface area contributed by atoms with E-state index in [2.05, 4.69) is 10.2 Å². The van der Waals surface area contributed by atoms with E-state index in [-0.39, 0.29) is 11.9 Å². The Labute approximate surface area is 179 Å². The van der Waals surface area contributed by atoms with Gasteiger partial charge in [0.1, 0.15) is 0 Å². The molecule has 1 aromatic carbocycles. The topological polar surface area (TPSA) is 73.0 Å². The van der Waals surface area contributed by atoms with Crippen molar-refractivity contribution in [3.05, 3.63) is 29.3 Å². The Kier molecular flexibility index (Phi) is 7.92. The Hall–Kier alpha value is -1.19. The van der Waals surface area contributed by atoms with Crippen molar-refractivity contribution >= 4 is 33.4 Å². The molecule has 0 spiro atoms. The normalized spacial score (nSPS) is 20.1. The number of nitrogens with zero attached hydrogens (tertiary/aromatic N) is 3.